The summed E-state index contributed by atoms with van der Waals surface area (Å²) in [7, 11) is 0. The van der Waals surface area contributed by atoms with E-state index in [-0.39, 0.29) is 5.91 Å². The summed E-state index contributed by atoms with van der Waals surface area (Å²) in [5, 5.41) is 12.4. The molecule has 0 atom stereocenters. The minimum atomic E-state index is -0.0896. The van der Waals surface area contributed by atoms with Gasteiger partial charge in [-0.1, -0.05) is 50.7 Å². The van der Waals surface area contributed by atoms with Crippen molar-refractivity contribution in [2.24, 2.45) is 5.92 Å². The number of benzene rings is 1. The number of thioether (sulfide) groups is 1. The van der Waals surface area contributed by atoms with Crippen LogP contribution in [-0.2, 0) is 6.54 Å². The van der Waals surface area contributed by atoms with Gasteiger partial charge in [-0.05, 0) is 23.8 Å². The van der Waals surface area contributed by atoms with Crippen molar-refractivity contribution in [2.45, 2.75) is 32.5 Å². The fraction of sp³-hybridized carbons (Fsp3) is 0.400. The molecule has 0 radical (unpaired) electrons. The Kier molecular flexibility index (Phi) is 6.86. The summed E-state index contributed by atoms with van der Waals surface area (Å²) in [6.45, 7) is 8.24. The lowest BCUT2D eigenvalue weighted by Crippen LogP contribution is -2.27. The summed E-state index contributed by atoms with van der Waals surface area (Å²) in [6.07, 6.45) is 1.79. The third-order valence-electron chi connectivity index (χ3n) is 4.07. The van der Waals surface area contributed by atoms with Crippen molar-refractivity contribution < 1.29 is 4.79 Å². The molecule has 0 saturated carbocycles. The van der Waals surface area contributed by atoms with Gasteiger partial charge >= 0.3 is 0 Å². The Bertz CT molecular complexity index is 925. The molecule has 0 fully saturated rings. The van der Waals surface area contributed by atoms with E-state index >= 15 is 0 Å². The maximum atomic E-state index is 12.2. The first kappa shape index (κ1) is 20.1. The summed E-state index contributed by atoms with van der Waals surface area (Å²) in [4.78, 5) is 21.5. The van der Waals surface area contributed by atoms with E-state index < -0.39 is 0 Å². The van der Waals surface area contributed by atoms with Crippen LogP contribution < -0.4 is 10.6 Å². The average molecular weight is 399 g/mol. The second-order valence-corrected chi connectivity index (χ2v) is 8.02. The first-order valence-electron chi connectivity index (χ1n) is 9.52. The van der Waals surface area contributed by atoms with Crippen LogP contribution in [0.4, 0.5) is 5.82 Å². The Morgan fingerprint density at radius 2 is 2.00 bits per heavy atom. The molecule has 2 aromatic heterocycles. The summed E-state index contributed by atoms with van der Waals surface area (Å²) in [6, 6.07) is 9.19. The molecule has 7 nitrogen and oxygen atoms in total. The molecule has 3 rings (SSSR count). The van der Waals surface area contributed by atoms with Crippen LogP contribution in [0.5, 0.6) is 0 Å². The SMILES string of the molecule is CCSc1nc(NCC(C)C)c2cnn(CCNC(=O)c3ccccc3)c2n1. The molecule has 0 aliphatic heterocycles. The molecule has 0 unspecified atom stereocenters. The van der Waals surface area contributed by atoms with Crippen LogP contribution >= 0.6 is 11.8 Å². The fourth-order valence-corrected chi connectivity index (χ4v) is 3.26. The molecule has 0 aliphatic carbocycles. The number of amides is 1. The van der Waals surface area contributed by atoms with Crippen molar-refractivity contribution in [2.75, 3.05) is 24.2 Å². The highest BCUT2D eigenvalue weighted by Crippen LogP contribution is 2.24. The van der Waals surface area contributed by atoms with Crippen molar-refractivity contribution in [3.8, 4) is 0 Å². The number of anilines is 1. The highest BCUT2D eigenvalue weighted by atomic mass is 32.2. The third kappa shape index (κ3) is 5.01. The zero-order chi connectivity index (χ0) is 19.9. The topological polar surface area (TPSA) is 84.7 Å². The maximum Gasteiger partial charge on any atom is 0.251 e. The van der Waals surface area contributed by atoms with E-state index in [1.54, 1.807) is 30.1 Å². The molecule has 1 amide bonds. The molecule has 28 heavy (non-hydrogen) atoms. The highest BCUT2D eigenvalue weighted by molar-refractivity contribution is 7.99. The van der Waals surface area contributed by atoms with Gasteiger partial charge in [0.15, 0.2) is 10.8 Å². The van der Waals surface area contributed by atoms with Crippen LogP contribution in [0.1, 0.15) is 31.1 Å². The molecule has 0 saturated heterocycles. The quantitative estimate of drug-likeness (QED) is 0.424. The van der Waals surface area contributed by atoms with E-state index in [4.69, 9.17) is 0 Å². The van der Waals surface area contributed by atoms with Crippen molar-refractivity contribution in [3.05, 3.63) is 42.1 Å². The standard InChI is InChI=1S/C20H26N6OS/c1-4-28-20-24-17(22-12-14(2)3)16-13-23-26(18(16)25-20)11-10-21-19(27)15-8-6-5-7-9-15/h5-9,13-14H,4,10-12H2,1-3H3,(H,21,27)(H,22,24,25). The number of hydrogen-bond donors (Lipinski definition) is 2. The van der Waals surface area contributed by atoms with Gasteiger partial charge in [-0.25, -0.2) is 14.6 Å². The number of hydrogen-bond acceptors (Lipinski definition) is 6. The molecule has 0 bridgehead atoms. The van der Waals surface area contributed by atoms with Crippen molar-refractivity contribution in [1.29, 1.82) is 0 Å². The molecular formula is C20H26N6OS. The molecule has 0 spiro atoms. The van der Waals surface area contributed by atoms with E-state index in [0.717, 1.165) is 34.3 Å². The fourth-order valence-electron chi connectivity index (χ4n) is 2.70. The van der Waals surface area contributed by atoms with E-state index in [0.29, 0.717) is 24.6 Å². The minimum Gasteiger partial charge on any atom is -0.369 e. The molecule has 2 N–H and O–H groups in total. The van der Waals surface area contributed by atoms with Gasteiger partial charge in [0.05, 0.1) is 18.1 Å². The average Bonchev–Trinajstić information content (AvgIpc) is 3.10. The lowest BCUT2D eigenvalue weighted by molar-refractivity contribution is 0.0952. The maximum absolute atomic E-state index is 12.2. The van der Waals surface area contributed by atoms with Gasteiger partial charge in [0.25, 0.3) is 5.91 Å². The summed E-state index contributed by atoms with van der Waals surface area (Å²) >= 11 is 1.60. The van der Waals surface area contributed by atoms with Crippen molar-refractivity contribution >= 4 is 34.5 Å². The minimum absolute atomic E-state index is 0.0896. The van der Waals surface area contributed by atoms with Gasteiger partial charge in [0, 0.05) is 18.7 Å². The van der Waals surface area contributed by atoms with E-state index in [2.05, 4.69) is 46.5 Å². The van der Waals surface area contributed by atoms with Gasteiger partial charge in [0.1, 0.15) is 5.82 Å². The zero-order valence-corrected chi connectivity index (χ0v) is 17.3. The largest absolute Gasteiger partial charge is 0.369 e. The van der Waals surface area contributed by atoms with E-state index in [1.807, 2.05) is 22.9 Å². The van der Waals surface area contributed by atoms with Crippen molar-refractivity contribution in [1.82, 2.24) is 25.1 Å². The predicted octanol–water partition coefficient (Wildman–Crippen LogP) is 3.44. The van der Waals surface area contributed by atoms with Crippen LogP contribution in [-0.4, -0.2) is 44.5 Å². The smallest absolute Gasteiger partial charge is 0.251 e. The normalized spacial score (nSPS) is 11.1. The molecule has 0 aliphatic rings. The van der Waals surface area contributed by atoms with Crippen LogP contribution in [0.2, 0.25) is 0 Å². The van der Waals surface area contributed by atoms with Gasteiger partial charge < -0.3 is 10.6 Å². The van der Waals surface area contributed by atoms with E-state index in [9.17, 15) is 4.79 Å². The number of nitrogens with zero attached hydrogens (tertiary/aromatic N) is 4. The molecule has 3 aromatic rings. The first-order chi connectivity index (χ1) is 13.6. The number of aromatic nitrogens is 4. The zero-order valence-electron chi connectivity index (χ0n) is 16.5. The summed E-state index contributed by atoms with van der Waals surface area (Å²) in [5.41, 5.74) is 1.43. The number of carbonyl (C=O) groups is 1. The summed E-state index contributed by atoms with van der Waals surface area (Å²) < 4.78 is 1.82. The van der Waals surface area contributed by atoms with E-state index in [1.165, 1.54) is 0 Å². The first-order valence-corrected chi connectivity index (χ1v) is 10.5. The molecular weight excluding hydrogens is 372 g/mol. The molecule has 2 heterocycles. The molecule has 8 heteroatoms. The number of rotatable bonds is 9. The van der Waals surface area contributed by atoms with Crippen LogP contribution in [0.25, 0.3) is 11.0 Å². The Balaban J connectivity index is 1.74. The lowest BCUT2D eigenvalue weighted by Gasteiger charge is -2.11. The van der Waals surface area contributed by atoms with Crippen LogP contribution in [0.3, 0.4) is 0 Å². The highest BCUT2D eigenvalue weighted by Gasteiger charge is 2.14. The number of nitrogens with one attached hydrogen (secondary N) is 2. The predicted molar refractivity (Wildman–Crippen MR) is 114 cm³/mol. The molecule has 148 valence electrons. The second kappa shape index (κ2) is 9.54. The van der Waals surface area contributed by atoms with Crippen molar-refractivity contribution in [3.63, 3.8) is 0 Å². The van der Waals surface area contributed by atoms with Gasteiger partial charge in [-0.3, -0.25) is 4.79 Å². The Labute approximate surface area is 169 Å². The lowest BCUT2D eigenvalue weighted by atomic mass is 10.2. The molecule has 1 aromatic carbocycles. The van der Waals surface area contributed by atoms with Crippen LogP contribution in [0, 0.1) is 5.92 Å². The monoisotopic (exact) mass is 398 g/mol. The Hall–Kier alpha value is -2.61. The van der Waals surface area contributed by atoms with Crippen LogP contribution in [0.15, 0.2) is 41.7 Å². The van der Waals surface area contributed by atoms with Gasteiger partial charge in [0.2, 0.25) is 0 Å². The Morgan fingerprint density at radius 3 is 2.71 bits per heavy atom. The number of fused-ring (bicyclic) bond motifs is 1. The van der Waals surface area contributed by atoms with Gasteiger partial charge in [-0.15, -0.1) is 0 Å². The third-order valence-corrected chi connectivity index (χ3v) is 4.80. The second-order valence-electron chi connectivity index (χ2n) is 6.79. The van der Waals surface area contributed by atoms with Gasteiger partial charge in [-0.2, -0.15) is 5.10 Å². The Morgan fingerprint density at radius 1 is 1.21 bits per heavy atom. The summed E-state index contributed by atoms with van der Waals surface area (Å²) in [5.74, 6) is 2.13. The number of carbonyl (C=O) groups excluding carboxylic acids is 1.